The number of nitrogens with two attached hydrogens (primary N) is 1. The van der Waals surface area contributed by atoms with E-state index in [0.717, 1.165) is 25.3 Å². The van der Waals surface area contributed by atoms with Crippen LogP contribution in [0.5, 0.6) is 0 Å². The van der Waals surface area contributed by atoms with Gasteiger partial charge < -0.3 is 15.4 Å². The van der Waals surface area contributed by atoms with Gasteiger partial charge in [0.25, 0.3) is 0 Å². The summed E-state index contributed by atoms with van der Waals surface area (Å²) in [7, 11) is 3.70. The average molecular weight is 229 g/mol. The van der Waals surface area contributed by atoms with E-state index in [9.17, 15) is 0 Å². The number of nitrogens with zero attached hydrogens (tertiary/aromatic N) is 1. The molecule has 1 aromatic carbocycles. The third kappa shape index (κ3) is 3.29. The Hall–Kier alpha value is -0.930. The highest BCUT2D eigenvalue weighted by Gasteiger charge is 2.06. The van der Waals surface area contributed by atoms with Gasteiger partial charge >= 0.3 is 0 Å². The van der Waals surface area contributed by atoms with Gasteiger partial charge in [-0.25, -0.2) is 0 Å². The van der Waals surface area contributed by atoms with E-state index >= 15 is 0 Å². The quantitative estimate of drug-likeness (QED) is 0.621. The SMILES string of the molecule is COCCCN(C)c1cccc(Cl)c1N. The first-order valence-electron chi connectivity index (χ1n) is 4.91. The fourth-order valence-corrected chi connectivity index (χ4v) is 1.59. The highest BCUT2D eigenvalue weighted by molar-refractivity contribution is 6.33. The molecule has 0 saturated carbocycles. The summed E-state index contributed by atoms with van der Waals surface area (Å²) in [5.41, 5.74) is 7.49. The average Bonchev–Trinajstić information content (AvgIpc) is 2.22. The minimum absolute atomic E-state index is 0.603. The van der Waals surface area contributed by atoms with Crippen molar-refractivity contribution in [2.24, 2.45) is 0 Å². The van der Waals surface area contributed by atoms with Crippen molar-refractivity contribution in [3.63, 3.8) is 0 Å². The first-order chi connectivity index (χ1) is 7.16. The summed E-state index contributed by atoms with van der Waals surface area (Å²) >= 11 is 5.94. The van der Waals surface area contributed by atoms with Gasteiger partial charge in [-0.2, -0.15) is 0 Å². The number of benzene rings is 1. The summed E-state index contributed by atoms with van der Waals surface area (Å²) in [5.74, 6) is 0. The second kappa shape index (κ2) is 5.83. The van der Waals surface area contributed by atoms with E-state index in [4.69, 9.17) is 22.1 Å². The lowest BCUT2D eigenvalue weighted by molar-refractivity contribution is 0.196. The Bertz CT molecular complexity index is 317. The van der Waals surface area contributed by atoms with E-state index < -0.39 is 0 Å². The molecule has 0 bridgehead atoms. The van der Waals surface area contributed by atoms with Gasteiger partial charge in [-0.05, 0) is 18.6 Å². The van der Waals surface area contributed by atoms with Gasteiger partial charge in [0.1, 0.15) is 0 Å². The van der Waals surface area contributed by atoms with E-state index in [-0.39, 0.29) is 0 Å². The molecule has 1 rings (SSSR count). The molecular weight excluding hydrogens is 212 g/mol. The summed E-state index contributed by atoms with van der Waals surface area (Å²) in [6.07, 6.45) is 0.971. The van der Waals surface area contributed by atoms with Crippen LogP contribution in [0.3, 0.4) is 0 Å². The molecule has 84 valence electrons. The Morgan fingerprint density at radius 1 is 1.47 bits per heavy atom. The Morgan fingerprint density at radius 2 is 2.20 bits per heavy atom. The largest absolute Gasteiger partial charge is 0.396 e. The number of anilines is 2. The van der Waals surface area contributed by atoms with E-state index in [2.05, 4.69) is 4.90 Å². The first-order valence-corrected chi connectivity index (χ1v) is 5.28. The second-order valence-corrected chi connectivity index (χ2v) is 3.85. The first kappa shape index (κ1) is 12.1. The number of hydrogen-bond acceptors (Lipinski definition) is 3. The van der Waals surface area contributed by atoms with Crippen molar-refractivity contribution in [1.82, 2.24) is 0 Å². The number of halogens is 1. The van der Waals surface area contributed by atoms with Crippen molar-refractivity contribution in [1.29, 1.82) is 0 Å². The van der Waals surface area contributed by atoms with Gasteiger partial charge in [-0.1, -0.05) is 17.7 Å². The lowest BCUT2D eigenvalue weighted by atomic mass is 10.2. The molecule has 0 aliphatic rings. The Balaban J connectivity index is 2.65. The number of methoxy groups -OCH3 is 1. The van der Waals surface area contributed by atoms with Crippen LogP contribution in [0, 0.1) is 0 Å². The smallest absolute Gasteiger partial charge is 0.0741 e. The molecule has 0 saturated heterocycles. The highest BCUT2D eigenvalue weighted by Crippen LogP contribution is 2.29. The van der Waals surface area contributed by atoms with Crippen LogP contribution in [0.4, 0.5) is 11.4 Å². The predicted octanol–water partition coefficient (Wildman–Crippen LogP) is 2.39. The third-order valence-electron chi connectivity index (χ3n) is 2.28. The summed E-state index contributed by atoms with van der Waals surface area (Å²) in [6.45, 7) is 1.66. The Kier molecular flexibility index (Phi) is 4.72. The lowest BCUT2D eigenvalue weighted by Crippen LogP contribution is -2.20. The summed E-state index contributed by atoms with van der Waals surface area (Å²) in [4.78, 5) is 2.08. The van der Waals surface area contributed by atoms with Crippen LogP contribution >= 0.6 is 11.6 Å². The van der Waals surface area contributed by atoms with Crippen LogP contribution in [-0.4, -0.2) is 27.3 Å². The molecule has 0 amide bonds. The van der Waals surface area contributed by atoms with Crippen molar-refractivity contribution < 1.29 is 4.74 Å². The summed E-state index contributed by atoms with van der Waals surface area (Å²) in [5, 5.41) is 0.603. The summed E-state index contributed by atoms with van der Waals surface area (Å²) in [6, 6.07) is 5.66. The zero-order valence-corrected chi connectivity index (χ0v) is 9.92. The molecule has 0 unspecified atom stereocenters. The number of hydrogen-bond donors (Lipinski definition) is 1. The van der Waals surface area contributed by atoms with E-state index in [1.54, 1.807) is 13.2 Å². The van der Waals surface area contributed by atoms with Crippen LogP contribution < -0.4 is 10.6 Å². The number of nitrogen functional groups attached to an aromatic ring is 1. The maximum absolute atomic E-state index is 5.94. The molecule has 1 aromatic rings. The minimum atomic E-state index is 0.603. The number of para-hydroxylation sites is 1. The molecule has 0 aliphatic heterocycles. The molecule has 0 radical (unpaired) electrons. The number of rotatable bonds is 5. The van der Waals surface area contributed by atoms with Crippen LogP contribution in [0.1, 0.15) is 6.42 Å². The molecule has 4 heteroatoms. The number of ether oxygens (including phenoxy) is 1. The maximum Gasteiger partial charge on any atom is 0.0741 e. The molecule has 0 aromatic heterocycles. The van der Waals surface area contributed by atoms with Crippen molar-refractivity contribution in [3.05, 3.63) is 23.2 Å². The van der Waals surface area contributed by atoms with Gasteiger partial charge in [0.15, 0.2) is 0 Å². The van der Waals surface area contributed by atoms with Gasteiger partial charge in [0.05, 0.1) is 16.4 Å². The molecule has 0 aliphatic carbocycles. The second-order valence-electron chi connectivity index (χ2n) is 3.44. The van der Waals surface area contributed by atoms with Crippen LogP contribution in [0.2, 0.25) is 5.02 Å². The fourth-order valence-electron chi connectivity index (χ4n) is 1.43. The monoisotopic (exact) mass is 228 g/mol. The minimum Gasteiger partial charge on any atom is -0.396 e. The van der Waals surface area contributed by atoms with Crippen molar-refractivity contribution >= 4 is 23.0 Å². The maximum atomic E-state index is 5.94. The normalized spacial score (nSPS) is 10.3. The summed E-state index contributed by atoms with van der Waals surface area (Å²) < 4.78 is 5.00. The van der Waals surface area contributed by atoms with Crippen molar-refractivity contribution in [2.75, 3.05) is 37.9 Å². The topological polar surface area (TPSA) is 38.5 Å². The van der Waals surface area contributed by atoms with Gasteiger partial charge in [0.2, 0.25) is 0 Å². The van der Waals surface area contributed by atoms with E-state index in [1.807, 2.05) is 19.2 Å². The molecule has 0 spiro atoms. The molecular formula is C11H17ClN2O. The zero-order chi connectivity index (χ0) is 11.3. The van der Waals surface area contributed by atoms with E-state index in [0.29, 0.717) is 10.7 Å². The molecule has 3 nitrogen and oxygen atoms in total. The molecule has 2 N–H and O–H groups in total. The zero-order valence-electron chi connectivity index (χ0n) is 9.16. The molecule has 0 atom stereocenters. The fraction of sp³-hybridized carbons (Fsp3) is 0.455. The van der Waals surface area contributed by atoms with Crippen molar-refractivity contribution in [2.45, 2.75) is 6.42 Å². The van der Waals surface area contributed by atoms with Crippen LogP contribution in [0.25, 0.3) is 0 Å². The Morgan fingerprint density at radius 3 is 2.87 bits per heavy atom. The van der Waals surface area contributed by atoms with Gasteiger partial charge in [0, 0.05) is 27.3 Å². The van der Waals surface area contributed by atoms with Gasteiger partial charge in [-0.3, -0.25) is 0 Å². The predicted molar refractivity (Wildman–Crippen MR) is 65.6 cm³/mol. The van der Waals surface area contributed by atoms with Gasteiger partial charge in [-0.15, -0.1) is 0 Å². The van der Waals surface area contributed by atoms with Crippen LogP contribution in [0.15, 0.2) is 18.2 Å². The molecule has 15 heavy (non-hydrogen) atoms. The van der Waals surface area contributed by atoms with Crippen LogP contribution in [-0.2, 0) is 4.74 Å². The molecule has 0 fully saturated rings. The lowest BCUT2D eigenvalue weighted by Gasteiger charge is -2.21. The highest BCUT2D eigenvalue weighted by atomic mass is 35.5. The molecule has 0 heterocycles. The van der Waals surface area contributed by atoms with E-state index in [1.165, 1.54) is 0 Å². The third-order valence-corrected chi connectivity index (χ3v) is 2.61. The standard InChI is InChI=1S/C11H17ClN2O/c1-14(7-4-8-15-2)10-6-3-5-9(12)11(10)13/h3,5-6H,4,7-8,13H2,1-2H3. The van der Waals surface area contributed by atoms with Crippen molar-refractivity contribution in [3.8, 4) is 0 Å². The Labute approximate surface area is 95.8 Å².